The predicted molar refractivity (Wildman–Crippen MR) is 48.0 cm³/mol. The number of carboxylic acids is 1. The molecule has 0 saturated carbocycles. The van der Waals surface area contributed by atoms with Crippen LogP contribution < -0.4 is 0 Å². The second kappa shape index (κ2) is 3.98. The van der Waals surface area contributed by atoms with Gasteiger partial charge in [-0.05, 0) is 19.3 Å². The van der Waals surface area contributed by atoms with Gasteiger partial charge in [-0.25, -0.2) is 13.9 Å². The number of carbonyl (C=O) groups is 1. The highest BCUT2D eigenvalue weighted by Gasteiger charge is 2.21. The van der Waals surface area contributed by atoms with Gasteiger partial charge in [-0.1, -0.05) is 0 Å². The largest absolute Gasteiger partial charge is 0.476 e. The number of halogens is 1. The number of carboxylic acid groups (broad SMARTS) is 1. The minimum absolute atomic E-state index is 0.332. The molecule has 0 spiro atoms. The Bertz CT molecular complexity index is 371. The molecule has 0 aromatic carbocycles. The Morgan fingerprint density at radius 1 is 1.67 bits per heavy atom. The molecule has 1 atom stereocenters. The normalized spacial score (nSPS) is 21.5. The molecule has 0 radical (unpaired) electrons. The lowest BCUT2D eigenvalue weighted by atomic mass is 10.2. The van der Waals surface area contributed by atoms with Crippen molar-refractivity contribution in [1.29, 1.82) is 0 Å². The van der Waals surface area contributed by atoms with Crippen molar-refractivity contribution in [3.05, 3.63) is 17.7 Å². The summed E-state index contributed by atoms with van der Waals surface area (Å²) in [4.78, 5) is 10.6. The molecule has 0 bridgehead atoms. The van der Waals surface area contributed by atoms with Crippen LogP contribution in [0.3, 0.4) is 0 Å². The second-order valence-electron chi connectivity index (χ2n) is 3.43. The third kappa shape index (κ3) is 1.99. The molecular weight excluding hydrogens is 203 g/mol. The van der Waals surface area contributed by atoms with Crippen molar-refractivity contribution in [2.75, 3.05) is 6.61 Å². The molecule has 15 heavy (non-hydrogen) atoms. The first-order valence-corrected chi connectivity index (χ1v) is 4.78. The first-order chi connectivity index (χ1) is 7.18. The lowest BCUT2D eigenvalue weighted by molar-refractivity contribution is -0.0398. The topological polar surface area (TPSA) is 64.3 Å². The number of aromatic carboxylic acids is 1. The van der Waals surface area contributed by atoms with Crippen LogP contribution in [0.4, 0.5) is 4.39 Å². The van der Waals surface area contributed by atoms with Crippen molar-refractivity contribution in [3.8, 4) is 0 Å². The van der Waals surface area contributed by atoms with Gasteiger partial charge in [-0.3, -0.25) is 0 Å². The van der Waals surface area contributed by atoms with E-state index >= 15 is 0 Å². The molecule has 0 amide bonds. The number of hydrogen-bond donors (Lipinski definition) is 1. The Morgan fingerprint density at radius 3 is 3.00 bits per heavy atom. The van der Waals surface area contributed by atoms with Gasteiger partial charge in [0.15, 0.2) is 5.82 Å². The molecule has 1 aromatic heterocycles. The molecule has 2 rings (SSSR count). The van der Waals surface area contributed by atoms with Crippen LogP contribution in [0.5, 0.6) is 0 Å². The van der Waals surface area contributed by atoms with E-state index in [1.54, 1.807) is 0 Å². The van der Waals surface area contributed by atoms with E-state index < -0.39 is 17.5 Å². The zero-order valence-corrected chi connectivity index (χ0v) is 8.02. The molecule has 2 heterocycles. The average molecular weight is 214 g/mol. The van der Waals surface area contributed by atoms with Gasteiger partial charge in [-0.15, -0.1) is 0 Å². The molecule has 5 nitrogen and oxygen atoms in total. The Labute approximate surface area is 85.5 Å². The fraction of sp³-hybridized carbons (Fsp3) is 0.556. The molecule has 1 aliphatic heterocycles. The van der Waals surface area contributed by atoms with Crippen LogP contribution >= 0.6 is 0 Å². The van der Waals surface area contributed by atoms with Gasteiger partial charge in [0, 0.05) is 6.61 Å². The quantitative estimate of drug-likeness (QED) is 0.808. The van der Waals surface area contributed by atoms with Crippen molar-refractivity contribution >= 4 is 5.97 Å². The molecular formula is C9H11FN2O3. The summed E-state index contributed by atoms with van der Waals surface area (Å²) in [7, 11) is 0. The summed E-state index contributed by atoms with van der Waals surface area (Å²) in [6, 6.07) is 0. The van der Waals surface area contributed by atoms with Crippen LogP contribution in [0.1, 0.15) is 36.0 Å². The number of nitrogens with zero attached hydrogens (tertiary/aromatic N) is 2. The highest BCUT2D eigenvalue weighted by Crippen LogP contribution is 2.22. The molecule has 1 aliphatic rings. The van der Waals surface area contributed by atoms with Gasteiger partial charge in [0.05, 0.1) is 6.20 Å². The lowest BCUT2D eigenvalue weighted by Gasteiger charge is -2.22. The zero-order valence-electron chi connectivity index (χ0n) is 8.02. The molecule has 1 saturated heterocycles. The van der Waals surface area contributed by atoms with Crippen molar-refractivity contribution in [2.45, 2.75) is 25.5 Å². The summed E-state index contributed by atoms with van der Waals surface area (Å²) in [5, 5.41) is 12.3. The van der Waals surface area contributed by atoms with Crippen molar-refractivity contribution in [1.82, 2.24) is 9.78 Å². The van der Waals surface area contributed by atoms with Gasteiger partial charge in [0.25, 0.3) is 0 Å². The highest BCUT2D eigenvalue weighted by molar-refractivity contribution is 5.85. The standard InChI is InChI=1S/C9H11FN2O3/c10-6-5-12(11-8(6)9(13)14)7-3-1-2-4-15-7/h5,7H,1-4H2,(H,13,14). The monoisotopic (exact) mass is 214 g/mol. The van der Waals surface area contributed by atoms with E-state index in [9.17, 15) is 9.18 Å². The number of aromatic nitrogens is 2. The third-order valence-corrected chi connectivity index (χ3v) is 2.34. The van der Waals surface area contributed by atoms with Gasteiger partial charge in [0.2, 0.25) is 5.69 Å². The van der Waals surface area contributed by atoms with Crippen LogP contribution in [-0.4, -0.2) is 27.5 Å². The van der Waals surface area contributed by atoms with Crippen molar-refractivity contribution in [3.63, 3.8) is 0 Å². The molecule has 1 fully saturated rings. The van der Waals surface area contributed by atoms with Crippen LogP contribution in [0.25, 0.3) is 0 Å². The van der Waals surface area contributed by atoms with Crippen LogP contribution in [0, 0.1) is 5.82 Å². The van der Waals surface area contributed by atoms with E-state index in [2.05, 4.69) is 5.10 Å². The fourth-order valence-electron chi connectivity index (χ4n) is 1.59. The predicted octanol–water partition coefficient (Wildman–Crippen LogP) is 1.42. The number of hydrogen-bond acceptors (Lipinski definition) is 3. The Hall–Kier alpha value is -1.43. The molecule has 6 heteroatoms. The zero-order chi connectivity index (χ0) is 10.8. The van der Waals surface area contributed by atoms with Crippen LogP contribution in [0.15, 0.2) is 6.20 Å². The molecule has 82 valence electrons. The smallest absolute Gasteiger partial charge is 0.359 e. The number of ether oxygens (including phenoxy) is 1. The summed E-state index contributed by atoms with van der Waals surface area (Å²) >= 11 is 0. The summed E-state index contributed by atoms with van der Waals surface area (Å²) in [5.41, 5.74) is -0.552. The van der Waals surface area contributed by atoms with E-state index in [1.807, 2.05) is 0 Å². The van der Waals surface area contributed by atoms with Gasteiger partial charge in [0.1, 0.15) is 6.23 Å². The van der Waals surface area contributed by atoms with Crippen LogP contribution in [0.2, 0.25) is 0 Å². The van der Waals surface area contributed by atoms with Gasteiger partial charge in [-0.2, -0.15) is 5.10 Å². The minimum atomic E-state index is -1.36. The molecule has 1 aromatic rings. The highest BCUT2D eigenvalue weighted by atomic mass is 19.1. The van der Waals surface area contributed by atoms with Crippen molar-refractivity contribution in [2.24, 2.45) is 0 Å². The molecule has 1 unspecified atom stereocenters. The van der Waals surface area contributed by atoms with Gasteiger partial charge >= 0.3 is 5.97 Å². The van der Waals surface area contributed by atoms with E-state index in [0.717, 1.165) is 25.5 Å². The Morgan fingerprint density at radius 2 is 2.47 bits per heavy atom. The summed E-state index contributed by atoms with van der Waals surface area (Å²) in [5.74, 6) is -2.18. The van der Waals surface area contributed by atoms with Crippen LogP contribution in [-0.2, 0) is 4.74 Å². The Balaban J connectivity index is 2.21. The Kier molecular flexibility index (Phi) is 2.68. The average Bonchev–Trinajstić information content (AvgIpc) is 2.62. The third-order valence-electron chi connectivity index (χ3n) is 2.34. The van der Waals surface area contributed by atoms with E-state index in [1.165, 1.54) is 4.68 Å². The summed E-state index contributed by atoms with van der Waals surface area (Å²) in [6.45, 7) is 0.606. The lowest BCUT2D eigenvalue weighted by Crippen LogP contribution is -2.19. The van der Waals surface area contributed by atoms with Gasteiger partial charge < -0.3 is 9.84 Å². The van der Waals surface area contributed by atoms with E-state index in [4.69, 9.17) is 9.84 Å². The molecule has 1 N–H and O–H groups in total. The van der Waals surface area contributed by atoms with E-state index in [-0.39, 0.29) is 6.23 Å². The van der Waals surface area contributed by atoms with Crippen molar-refractivity contribution < 1.29 is 19.0 Å². The first-order valence-electron chi connectivity index (χ1n) is 4.78. The first kappa shape index (κ1) is 10.1. The summed E-state index contributed by atoms with van der Waals surface area (Å²) in [6.07, 6.45) is 3.43. The summed E-state index contributed by atoms with van der Waals surface area (Å²) < 4.78 is 19.7. The number of rotatable bonds is 2. The fourth-order valence-corrected chi connectivity index (χ4v) is 1.59. The molecule has 0 aliphatic carbocycles. The maximum Gasteiger partial charge on any atom is 0.359 e. The second-order valence-corrected chi connectivity index (χ2v) is 3.43. The maximum absolute atomic E-state index is 13.1. The van der Waals surface area contributed by atoms with E-state index in [0.29, 0.717) is 6.61 Å². The minimum Gasteiger partial charge on any atom is -0.476 e. The SMILES string of the molecule is O=C(O)c1nn(C2CCCCO2)cc1F. The maximum atomic E-state index is 13.1.